The van der Waals surface area contributed by atoms with Gasteiger partial charge in [0.15, 0.2) is 4.98 Å². The van der Waals surface area contributed by atoms with Gasteiger partial charge in [0.2, 0.25) is 17.1 Å². The number of hydrogen-bond acceptors (Lipinski definition) is 5. The molecule has 8 heteroatoms. The minimum Gasteiger partial charge on any atom is -0.504 e. The first-order chi connectivity index (χ1) is 15.1. The number of nitrogens with zero attached hydrogens (tertiary/aromatic N) is 3. The molecule has 3 rings (SSSR count). The molecular formula is C23H25N4O4+. The molecule has 1 aliphatic heterocycles. The van der Waals surface area contributed by atoms with Crippen LogP contribution >= 0.6 is 0 Å². The number of ether oxygens (including phenoxy) is 1. The zero-order valence-electron chi connectivity index (χ0n) is 17.1. The van der Waals surface area contributed by atoms with Crippen LogP contribution in [-0.2, 0) is 22.6 Å². The Hall–Kier alpha value is -3.86. The number of likely N-dealkylation sites (tertiary alicyclic amines) is 1. The maximum Gasteiger partial charge on any atom is 0.410 e. The molecule has 0 bridgehead atoms. The Morgan fingerprint density at radius 3 is 2.45 bits per heavy atom. The van der Waals surface area contributed by atoms with Crippen LogP contribution in [0.1, 0.15) is 24.0 Å². The van der Waals surface area contributed by atoms with Crippen LogP contribution in [0.15, 0.2) is 72.6 Å². The minimum atomic E-state index is -0.798. The number of diazo groups is 1. The number of rotatable bonds is 7. The van der Waals surface area contributed by atoms with Gasteiger partial charge in [-0.25, -0.2) is 4.79 Å². The summed E-state index contributed by atoms with van der Waals surface area (Å²) in [7, 11) is 0. The van der Waals surface area contributed by atoms with Gasteiger partial charge in [-0.15, -0.1) is 0 Å². The summed E-state index contributed by atoms with van der Waals surface area (Å²) in [6, 6.07) is 17.1. The number of carbonyl (C=O) groups excluding carboxylic acids is 2. The predicted octanol–water partition coefficient (Wildman–Crippen LogP) is 3.77. The number of benzene rings is 2. The normalized spacial score (nSPS) is 16.9. The highest BCUT2D eigenvalue weighted by molar-refractivity contribution is 5.86. The van der Waals surface area contributed by atoms with Crippen LogP contribution in [0, 0.1) is 5.39 Å². The average molecular weight is 421 g/mol. The fraction of sp³-hybridized carbons (Fsp3) is 0.304. The van der Waals surface area contributed by atoms with Gasteiger partial charge in [0.05, 0.1) is 6.04 Å². The molecule has 1 fully saturated rings. The summed E-state index contributed by atoms with van der Waals surface area (Å²) in [6.45, 7) is 0.547. The molecule has 1 saturated heterocycles. The molecule has 31 heavy (non-hydrogen) atoms. The lowest BCUT2D eigenvalue weighted by Gasteiger charge is -2.25. The molecule has 2 aromatic carbocycles. The Bertz CT molecular complexity index is 957. The second-order valence-electron chi connectivity index (χ2n) is 7.31. The molecule has 1 heterocycles. The first kappa shape index (κ1) is 21.8. The predicted molar refractivity (Wildman–Crippen MR) is 114 cm³/mol. The largest absolute Gasteiger partial charge is 0.504 e. The van der Waals surface area contributed by atoms with E-state index in [1.54, 1.807) is 0 Å². The maximum absolute atomic E-state index is 13.0. The van der Waals surface area contributed by atoms with Gasteiger partial charge in [0.1, 0.15) is 12.6 Å². The molecule has 8 nitrogen and oxygen atoms in total. The van der Waals surface area contributed by atoms with Crippen molar-refractivity contribution in [3.63, 3.8) is 0 Å². The van der Waals surface area contributed by atoms with Crippen LogP contribution in [0.4, 0.5) is 4.79 Å². The van der Waals surface area contributed by atoms with E-state index in [-0.39, 0.29) is 12.4 Å². The number of carbonyl (C=O) groups is 2. The summed E-state index contributed by atoms with van der Waals surface area (Å²) in [5, 5.41) is 21.8. The zero-order chi connectivity index (χ0) is 22.1. The van der Waals surface area contributed by atoms with E-state index in [9.17, 15) is 14.7 Å². The summed E-state index contributed by atoms with van der Waals surface area (Å²) in [5.74, 6) is -0.677. The molecule has 160 valence electrons. The molecule has 0 radical (unpaired) electrons. The van der Waals surface area contributed by atoms with Gasteiger partial charge in [-0.3, -0.25) is 9.69 Å². The van der Waals surface area contributed by atoms with E-state index >= 15 is 0 Å². The molecule has 0 aromatic heterocycles. The molecule has 0 aliphatic carbocycles. The van der Waals surface area contributed by atoms with Gasteiger partial charge >= 0.3 is 12.3 Å². The topological polar surface area (TPSA) is 107 Å². The van der Waals surface area contributed by atoms with Gasteiger partial charge in [0, 0.05) is 13.0 Å². The van der Waals surface area contributed by atoms with Crippen molar-refractivity contribution in [3.8, 4) is 0 Å². The smallest absolute Gasteiger partial charge is 0.410 e. The van der Waals surface area contributed by atoms with Crippen LogP contribution in [-0.4, -0.2) is 40.6 Å². The van der Waals surface area contributed by atoms with Crippen LogP contribution in [0.25, 0.3) is 4.98 Å². The third-order valence-corrected chi connectivity index (χ3v) is 5.14. The summed E-state index contributed by atoms with van der Waals surface area (Å²) < 4.78 is 5.38. The second kappa shape index (κ2) is 10.8. The molecule has 2 aromatic rings. The summed E-state index contributed by atoms with van der Waals surface area (Å²) >= 11 is 0. The van der Waals surface area contributed by atoms with Crippen molar-refractivity contribution >= 4 is 12.0 Å². The van der Waals surface area contributed by atoms with Crippen LogP contribution in [0.2, 0.25) is 0 Å². The van der Waals surface area contributed by atoms with Gasteiger partial charge < -0.3 is 15.2 Å². The lowest BCUT2D eigenvalue weighted by molar-refractivity contribution is -0.125. The Kier molecular flexibility index (Phi) is 7.60. The Morgan fingerprint density at radius 1 is 1.16 bits per heavy atom. The third kappa shape index (κ3) is 6.06. The van der Waals surface area contributed by atoms with Crippen LogP contribution in [0.3, 0.4) is 0 Å². The number of aliphatic hydroxyl groups excluding tert-OH is 1. The highest BCUT2D eigenvalue weighted by Crippen LogP contribution is 2.20. The zero-order valence-corrected chi connectivity index (χ0v) is 17.1. The van der Waals surface area contributed by atoms with Crippen molar-refractivity contribution in [2.45, 2.75) is 38.0 Å². The molecule has 2 N–H and O–H groups in total. The molecule has 0 unspecified atom stereocenters. The van der Waals surface area contributed by atoms with E-state index < -0.39 is 24.1 Å². The quantitative estimate of drug-likeness (QED) is 0.523. The van der Waals surface area contributed by atoms with E-state index in [2.05, 4.69) is 10.3 Å². The highest BCUT2D eigenvalue weighted by atomic mass is 16.6. The van der Waals surface area contributed by atoms with E-state index in [4.69, 9.17) is 10.1 Å². The molecule has 1 aliphatic rings. The molecule has 2 atom stereocenters. The Labute approximate surface area is 180 Å². The van der Waals surface area contributed by atoms with Gasteiger partial charge in [-0.2, -0.15) is 0 Å². The van der Waals surface area contributed by atoms with Crippen molar-refractivity contribution in [1.82, 2.24) is 10.2 Å². The first-order valence-corrected chi connectivity index (χ1v) is 10.1. The van der Waals surface area contributed by atoms with Crippen molar-refractivity contribution in [3.05, 3.63) is 88.7 Å². The SMILES string of the molecule is N#[N+]/C=C(\O)[C@H](Cc1ccccc1)NC(=O)[C@@H]1CCCN1C(=O)OCc1ccccc1. The van der Waals surface area contributed by atoms with E-state index in [0.29, 0.717) is 25.8 Å². The standard InChI is InChI=1S/C23H24N4O4/c24-25-15-21(28)19(14-17-8-3-1-4-9-17)26-22(29)20-12-7-13-27(20)23(30)31-16-18-10-5-2-6-11-18/h1-6,8-11,15,19-20H,7,12-14,16H2,(H-,26,28,29)/p+1/b21-15-/t19-,20-/m0/s1. The molecule has 0 saturated carbocycles. The molecular weight excluding hydrogens is 396 g/mol. The lowest BCUT2D eigenvalue weighted by Crippen LogP contribution is -2.50. The summed E-state index contributed by atoms with van der Waals surface area (Å²) in [5.41, 5.74) is 1.75. The Balaban J connectivity index is 1.65. The van der Waals surface area contributed by atoms with Gasteiger partial charge in [0.25, 0.3) is 0 Å². The number of nitrogens with one attached hydrogen (secondary N) is 1. The fourth-order valence-corrected chi connectivity index (χ4v) is 3.56. The Morgan fingerprint density at radius 2 is 1.81 bits per heavy atom. The molecule has 0 spiro atoms. The monoisotopic (exact) mass is 421 g/mol. The third-order valence-electron chi connectivity index (χ3n) is 5.14. The van der Waals surface area contributed by atoms with Crippen LogP contribution < -0.4 is 5.32 Å². The minimum absolute atomic E-state index is 0.128. The van der Waals surface area contributed by atoms with E-state index in [1.807, 2.05) is 60.7 Å². The van der Waals surface area contributed by atoms with Crippen molar-refractivity contribution in [2.24, 2.45) is 0 Å². The van der Waals surface area contributed by atoms with Gasteiger partial charge in [-0.1, -0.05) is 60.7 Å². The van der Waals surface area contributed by atoms with Crippen molar-refractivity contribution < 1.29 is 19.4 Å². The van der Waals surface area contributed by atoms with Gasteiger partial charge in [-0.05, 0) is 24.0 Å². The van der Waals surface area contributed by atoms with E-state index in [1.165, 1.54) is 4.90 Å². The number of aliphatic hydroxyl groups is 1. The van der Waals surface area contributed by atoms with Crippen LogP contribution in [0.5, 0.6) is 0 Å². The number of amides is 2. The lowest BCUT2D eigenvalue weighted by atomic mass is 10.0. The van der Waals surface area contributed by atoms with Crippen molar-refractivity contribution in [2.75, 3.05) is 6.54 Å². The highest BCUT2D eigenvalue weighted by Gasteiger charge is 2.36. The fourth-order valence-electron chi connectivity index (χ4n) is 3.56. The molecule has 2 amide bonds. The first-order valence-electron chi connectivity index (χ1n) is 10.1. The summed E-state index contributed by atoms with van der Waals surface area (Å²) in [6.07, 6.45) is 1.81. The van der Waals surface area contributed by atoms with E-state index in [0.717, 1.165) is 17.3 Å². The average Bonchev–Trinajstić information content (AvgIpc) is 3.29. The maximum atomic E-state index is 13.0. The van der Waals surface area contributed by atoms with Crippen molar-refractivity contribution in [1.29, 1.82) is 5.39 Å². The summed E-state index contributed by atoms with van der Waals surface area (Å²) in [4.78, 5) is 29.8. The number of hydrogen-bond donors (Lipinski definition) is 2. The second-order valence-corrected chi connectivity index (χ2v) is 7.31.